The van der Waals surface area contributed by atoms with Gasteiger partial charge in [0.2, 0.25) is 0 Å². The maximum atomic E-state index is 12.0. The van der Waals surface area contributed by atoms with Crippen molar-refractivity contribution in [3.8, 4) is 0 Å². The summed E-state index contributed by atoms with van der Waals surface area (Å²) in [6.45, 7) is 2.72. The third kappa shape index (κ3) is 4.00. The van der Waals surface area contributed by atoms with Crippen molar-refractivity contribution in [2.24, 2.45) is 0 Å². The maximum absolute atomic E-state index is 12.0. The van der Waals surface area contributed by atoms with Crippen LogP contribution in [0, 0.1) is 0 Å². The molecule has 0 bridgehead atoms. The molecule has 1 amide bonds. The molecule has 1 aliphatic heterocycles. The zero-order valence-corrected chi connectivity index (χ0v) is 12.8. The topological polar surface area (TPSA) is 49.3 Å². The molecule has 1 saturated heterocycles. The highest BCUT2D eigenvalue weighted by Crippen LogP contribution is 2.26. The van der Waals surface area contributed by atoms with Crippen molar-refractivity contribution >= 4 is 17.7 Å². The molecule has 0 spiro atoms. The van der Waals surface area contributed by atoms with Gasteiger partial charge in [-0.25, -0.2) is 0 Å². The van der Waals surface area contributed by atoms with E-state index in [0.29, 0.717) is 19.4 Å². The van der Waals surface area contributed by atoms with Gasteiger partial charge in [-0.3, -0.25) is 4.79 Å². The Morgan fingerprint density at radius 3 is 2.45 bits per heavy atom. The van der Waals surface area contributed by atoms with E-state index in [-0.39, 0.29) is 5.91 Å². The van der Waals surface area contributed by atoms with Gasteiger partial charge in [-0.15, -0.1) is 0 Å². The summed E-state index contributed by atoms with van der Waals surface area (Å²) >= 11 is 1.80. The molecule has 0 saturated carbocycles. The van der Waals surface area contributed by atoms with E-state index in [1.165, 1.54) is 11.1 Å². The molecule has 4 heteroatoms. The van der Waals surface area contributed by atoms with Crippen LogP contribution in [0.15, 0.2) is 24.3 Å². The molecular weight excluding hydrogens is 270 g/mol. The van der Waals surface area contributed by atoms with Crippen LogP contribution >= 0.6 is 11.8 Å². The average Bonchev–Trinajstić information content (AvgIpc) is 2.48. The van der Waals surface area contributed by atoms with Crippen molar-refractivity contribution < 1.29 is 9.90 Å². The minimum atomic E-state index is -1.14. The summed E-state index contributed by atoms with van der Waals surface area (Å²) in [7, 11) is 0. The number of aliphatic hydroxyl groups is 1. The molecule has 0 aromatic heterocycles. The molecule has 1 aromatic carbocycles. The largest absolute Gasteiger partial charge is 0.380 e. The SMILES string of the molecule is CCc1ccc(CCNC(=O)C2(O)CCSCC2)cc1. The highest BCUT2D eigenvalue weighted by atomic mass is 32.2. The second-order valence-corrected chi connectivity index (χ2v) is 6.54. The first-order chi connectivity index (χ1) is 9.64. The lowest BCUT2D eigenvalue weighted by Crippen LogP contribution is -2.49. The monoisotopic (exact) mass is 293 g/mol. The van der Waals surface area contributed by atoms with Crippen LogP contribution in [-0.4, -0.2) is 34.7 Å². The van der Waals surface area contributed by atoms with Crippen LogP contribution in [0.4, 0.5) is 0 Å². The molecule has 2 rings (SSSR count). The molecule has 0 unspecified atom stereocenters. The van der Waals surface area contributed by atoms with Gasteiger partial charge in [-0.05, 0) is 48.3 Å². The lowest BCUT2D eigenvalue weighted by atomic mass is 9.95. The smallest absolute Gasteiger partial charge is 0.252 e. The molecule has 1 aliphatic rings. The number of carbonyl (C=O) groups excluding carboxylic acids is 1. The van der Waals surface area contributed by atoms with Crippen molar-refractivity contribution in [2.75, 3.05) is 18.1 Å². The fourth-order valence-corrected chi connectivity index (χ4v) is 3.53. The van der Waals surface area contributed by atoms with Crippen molar-refractivity contribution in [2.45, 2.75) is 38.2 Å². The molecule has 0 aliphatic carbocycles. The van der Waals surface area contributed by atoms with Crippen LogP contribution in [0.1, 0.15) is 30.9 Å². The Hall–Kier alpha value is -1.00. The number of hydrogen-bond acceptors (Lipinski definition) is 3. The van der Waals surface area contributed by atoms with Gasteiger partial charge in [0.15, 0.2) is 0 Å². The first-order valence-electron chi connectivity index (χ1n) is 7.30. The van der Waals surface area contributed by atoms with Gasteiger partial charge in [0.25, 0.3) is 5.91 Å². The predicted molar refractivity (Wildman–Crippen MR) is 84.0 cm³/mol. The first kappa shape index (κ1) is 15.4. The third-order valence-corrected chi connectivity index (χ3v) is 4.86. The molecule has 1 aromatic rings. The third-order valence-electron chi connectivity index (χ3n) is 3.87. The number of hydrogen-bond donors (Lipinski definition) is 2. The summed E-state index contributed by atoms with van der Waals surface area (Å²) in [5.74, 6) is 1.52. The number of amides is 1. The number of rotatable bonds is 5. The van der Waals surface area contributed by atoms with Gasteiger partial charge in [0.1, 0.15) is 5.60 Å². The van der Waals surface area contributed by atoms with Crippen molar-refractivity contribution in [1.29, 1.82) is 0 Å². The fourth-order valence-electron chi connectivity index (χ4n) is 2.36. The second-order valence-electron chi connectivity index (χ2n) is 5.32. The summed E-state index contributed by atoms with van der Waals surface area (Å²) in [6, 6.07) is 8.47. The van der Waals surface area contributed by atoms with Gasteiger partial charge < -0.3 is 10.4 Å². The lowest BCUT2D eigenvalue weighted by molar-refractivity contribution is -0.140. The van der Waals surface area contributed by atoms with E-state index in [4.69, 9.17) is 0 Å². The average molecular weight is 293 g/mol. The molecule has 1 heterocycles. The van der Waals surface area contributed by atoms with E-state index in [9.17, 15) is 9.90 Å². The van der Waals surface area contributed by atoms with Gasteiger partial charge in [0, 0.05) is 6.54 Å². The Morgan fingerprint density at radius 1 is 1.25 bits per heavy atom. The lowest BCUT2D eigenvalue weighted by Gasteiger charge is -2.30. The number of thioether (sulfide) groups is 1. The summed E-state index contributed by atoms with van der Waals surface area (Å²) < 4.78 is 0. The number of carbonyl (C=O) groups is 1. The van der Waals surface area contributed by atoms with Gasteiger partial charge in [0.05, 0.1) is 0 Å². The molecular formula is C16H23NO2S. The van der Waals surface area contributed by atoms with Crippen LogP contribution < -0.4 is 5.32 Å². The predicted octanol–water partition coefficient (Wildman–Crippen LogP) is 2.17. The summed E-state index contributed by atoms with van der Waals surface area (Å²) in [5.41, 5.74) is 1.40. The van der Waals surface area contributed by atoms with Gasteiger partial charge in [-0.1, -0.05) is 31.2 Å². The maximum Gasteiger partial charge on any atom is 0.252 e. The van der Waals surface area contributed by atoms with E-state index < -0.39 is 5.60 Å². The van der Waals surface area contributed by atoms with Crippen molar-refractivity contribution in [3.63, 3.8) is 0 Å². The van der Waals surface area contributed by atoms with Crippen LogP contribution in [0.2, 0.25) is 0 Å². The number of benzene rings is 1. The molecule has 2 N–H and O–H groups in total. The normalized spacial score (nSPS) is 17.7. The Balaban J connectivity index is 1.78. The molecule has 3 nitrogen and oxygen atoms in total. The Morgan fingerprint density at radius 2 is 1.85 bits per heavy atom. The zero-order valence-electron chi connectivity index (χ0n) is 12.0. The van der Waals surface area contributed by atoms with Crippen LogP contribution in [0.5, 0.6) is 0 Å². The van der Waals surface area contributed by atoms with Gasteiger partial charge in [-0.2, -0.15) is 11.8 Å². The van der Waals surface area contributed by atoms with Crippen LogP contribution in [0.3, 0.4) is 0 Å². The number of nitrogens with one attached hydrogen (secondary N) is 1. The Bertz CT molecular complexity index is 438. The Labute approximate surface area is 125 Å². The summed E-state index contributed by atoms with van der Waals surface area (Å²) in [6.07, 6.45) is 2.98. The van der Waals surface area contributed by atoms with Crippen molar-refractivity contribution in [3.05, 3.63) is 35.4 Å². The molecule has 0 atom stereocenters. The second kappa shape index (κ2) is 7.14. The quantitative estimate of drug-likeness (QED) is 0.875. The van der Waals surface area contributed by atoms with Crippen molar-refractivity contribution in [1.82, 2.24) is 5.32 Å². The van der Waals surface area contributed by atoms with Gasteiger partial charge >= 0.3 is 0 Å². The van der Waals surface area contributed by atoms with E-state index in [1.807, 2.05) is 0 Å². The summed E-state index contributed by atoms with van der Waals surface area (Å²) in [5, 5.41) is 13.2. The standard InChI is InChI=1S/C16H23NO2S/c1-2-13-3-5-14(6-4-13)7-10-17-15(18)16(19)8-11-20-12-9-16/h3-6,19H,2,7-12H2,1H3,(H,17,18). The molecule has 1 fully saturated rings. The Kier molecular flexibility index (Phi) is 5.49. The van der Waals surface area contributed by atoms with E-state index in [0.717, 1.165) is 24.3 Å². The van der Waals surface area contributed by atoms with E-state index in [1.54, 1.807) is 11.8 Å². The first-order valence-corrected chi connectivity index (χ1v) is 8.46. The summed E-state index contributed by atoms with van der Waals surface area (Å²) in [4.78, 5) is 12.0. The van der Waals surface area contributed by atoms with E-state index in [2.05, 4.69) is 36.5 Å². The highest BCUT2D eigenvalue weighted by molar-refractivity contribution is 7.99. The minimum absolute atomic E-state index is 0.206. The highest BCUT2D eigenvalue weighted by Gasteiger charge is 2.36. The number of aryl methyl sites for hydroxylation is 1. The fraction of sp³-hybridized carbons (Fsp3) is 0.562. The zero-order chi connectivity index (χ0) is 14.4. The minimum Gasteiger partial charge on any atom is -0.380 e. The van der Waals surface area contributed by atoms with E-state index >= 15 is 0 Å². The molecule has 110 valence electrons. The molecule has 20 heavy (non-hydrogen) atoms. The van der Waals surface area contributed by atoms with Crippen LogP contribution in [0.25, 0.3) is 0 Å². The molecule has 0 radical (unpaired) electrons. The van der Waals surface area contributed by atoms with Crippen LogP contribution in [-0.2, 0) is 17.6 Å².